The van der Waals surface area contributed by atoms with Crippen molar-refractivity contribution in [2.24, 2.45) is 0 Å². The van der Waals surface area contributed by atoms with E-state index in [4.69, 9.17) is 4.74 Å². The number of aromatic nitrogens is 4. The fourth-order valence-corrected chi connectivity index (χ4v) is 3.74. The van der Waals surface area contributed by atoms with Crippen LogP contribution in [0.1, 0.15) is 5.56 Å². The molecule has 0 radical (unpaired) electrons. The van der Waals surface area contributed by atoms with E-state index in [1.54, 1.807) is 4.90 Å². The Morgan fingerprint density at radius 2 is 2.16 bits per heavy atom. The van der Waals surface area contributed by atoms with Crippen LogP contribution in [0.5, 0.6) is 0 Å². The predicted molar refractivity (Wildman–Crippen MR) is 92.8 cm³/mol. The van der Waals surface area contributed by atoms with Gasteiger partial charge in [0.05, 0.1) is 7.11 Å². The summed E-state index contributed by atoms with van der Waals surface area (Å²) in [6, 6.07) is 7.74. The van der Waals surface area contributed by atoms with Gasteiger partial charge in [-0.3, -0.25) is 9.59 Å². The summed E-state index contributed by atoms with van der Waals surface area (Å²) in [5, 5.41) is 12.0. The summed E-state index contributed by atoms with van der Waals surface area (Å²) in [4.78, 5) is 27.1. The Hall–Kier alpha value is -2.42. The lowest BCUT2D eigenvalue weighted by molar-refractivity contribution is -0.141. The van der Waals surface area contributed by atoms with Gasteiger partial charge in [-0.15, -0.1) is 22.0 Å². The molecule has 1 fully saturated rings. The highest BCUT2D eigenvalue weighted by Crippen LogP contribution is 2.20. The normalized spacial score (nSPS) is 17.4. The van der Waals surface area contributed by atoms with E-state index in [0.717, 1.165) is 11.1 Å². The van der Waals surface area contributed by atoms with Crippen molar-refractivity contribution in [1.82, 2.24) is 25.1 Å². The molecule has 9 heteroatoms. The Kier molecular flexibility index (Phi) is 5.32. The SMILES string of the molecule is COC(=O)[C@@H]1CN(C(=O)Cn2nnc(-c3ccccc3C)n2)CCS1. The number of hydrogen-bond acceptors (Lipinski definition) is 7. The monoisotopic (exact) mass is 361 g/mol. The van der Waals surface area contributed by atoms with Crippen LogP contribution >= 0.6 is 11.8 Å². The first kappa shape index (κ1) is 17.4. The van der Waals surface area contributed by atoms with Crippen LogP contribution < -0.4 is 0 Å². The summed E-state index contributed by atoms with van der Waals surface area (Å²) >= 11 is 1.51. The minimum atomic E-state index is -0.339. The van der Waals surface area contributed by atoms with Crippen molar-refractivity contribution in [3.63, 3.8) is 0 Å². The molecule has 1 atom stereocenters. The van der Waals surface area contributed by atoms with Gasteiger partial charge in [0, 0.05) is 24.4 Å². The van der Waals surface area contributed by atoms with E-state index in [1.165, 1.54) is 23.7 Å². The van der Waals surface area contributed by atoms with E-state index in [-0.39, 0.29) is 23.7 Å². The lowest BCUT2D eigenvalue weighted by Gasteiger charge is -2.30. The first-order valence-corrected chi connectivity index (χ1v) is 8.94. The van der Waals surface area contributed by atoms with Crippen LogP contribution in [0.15, 0.2) is 24.3 Å². The topological polar surface area (TPSA) is 90.2 Å². The van der Waals surface area contributed by atoms with Crippen molar-refractivity contribution in [3.05, 3.63) is 29.8 Å². The number of thioether (sulfide) groups is 1. The molecule has 2 heterocycles. The van der Waals surface area contributed by atoms with Crippen LogP contribution in [0, 0.1) is 6.92 Å². The Labute approximate surface area is 149 Å². The van der Waals surface area contributed by atoms with Crippen molar-refractivity contribution in [2.45, 2.75) is 18.7 Å². The number of esters is 1. The summed E-state index contributed by atoms with van der Waals surface area (Å²) in [6.45, 7) is 2.91. The third-order valence-electron chi connectivity index (χ3n) is 4.00. The highest BCUT2D eigenvalue weighted by Gasteiger charge is 2.30. The van der Waals surface area contributed by atoms with Crippen LogP contribution in [0.4, 0.5) is 0 Å². The van der Waals surface area contributed by atoms with Gasteiger partial charge >= 0.3 is 5.97 Å². The van der Waals surface area contributed by atoms with Crippen LogP contribution in [0.2, 0.25) is 0 Å². The molecule has 1 aliphatic rings. The number of carbonyl (C=O) groups excluding carboxylic acids is 2. The van der Waals surface area contributed by atoms with E-state index >= 15 is 0 Å². The molecule has 0 unspecified atom stereocenters. The average Bonchev–Trinajstić information content (AvgIpc) is 3.09. The number of amides is 1. The molecule has 1 aliphatic heterocycles. The quantitative estimate of drug-likeness (QED) is 0.743. The predicted octanol–water partition coefficient (Wildman–Crippen LogP) is 0.766. The number of rotatable bonds is 4. The summed E-state index contributed by atoms with van der Waals surface area (Å²) in [5.74, 6) is 0.754. The van der Waals surface area contributed by atoms with Gasteiger partial charge in [0.2, 0.25) is 11.7 Å². The van der Waals surface area contributed by atoms with Gasteiger partial charge in [0.1, 0.15) is 11.8 Å². The number of methoxy groups -OCH3 is 1. The Morgan fingerprint density at radius 3 is 2.92 bits per heavy atom. The van der Waals surface area contributed by atoms with Crippen molar-refractivity contribution >= 4 is 23.6 Å². The second-order valence-corrected chi connectivity index (χ2v) is 6.99. The lowest BCUT2D eigenvalue weighted by atomic mass is 10.1. The molecule has 0 saturated carbocycles. The van der Waals surface area contributed by atoms with E-state index < -0.39 is 0 Å². The fourth-order valence-electron chi connectivity index (χ4n) is 2.61. The number of benzene rings is 1. The van der Waals surface area contributed by atoms with Crippen molar-refractivity contribution < 1.29 is 14.3 Å². The average molecular weight is 361 g/mol. The Bertz CT molecular complexity index is 779. The zero-order valence-corrected chi connectivity index (χ0v) is 14.9. The van der Waals surface area contributed by atoms with Gasteiger partial charge in [-0.25, -0.2) is 0 Å². The van der Waals surface area contributed by atoms with Gasteiger partial charge in [-0.05, 0) is 17.7 Å². The third kappa shape index (κ3) is 3.98. The van der Waals surface area contributed by atoms with Crippen LogP contribution in [0.25, 0.3) is 11.4 Å². The van der Waals surface area contributed by atoms with Gasteiger partial charge in [-0.2, -0.15) is 4.80 Å². The molecule has 0 aliphatic carbocycles. The summed E-state index contributed by atoms with van der Waals surface area (Å²) < 4.78 is 4.76. The van der Waals surface area contributed by atoms with Gasteiger partial charge in [-0.1, -0.05) is 24.3 Å². The van der Waals surface area contributed by atoms with Crippen molar-refractivity contribution in [1.29, 1.82) is 0 Å². The largest absolute Gasteiger partial charge is 0.468 e. The summed E-state index contributed by atoms with van der Waals surface area (Å²) in [6.07, 6.45) is 0. The zero-order chi connectivity index (χ0) is 17.8. The number of ether oxygens (including phenoxy) is 1. The molecule has 0 bridgehead atoms. The highest BCUT2D eigenvalue weighted by molar-refractivity contribution is 8.00. The van der Waals surface area contributed by atoms with Gasteiger partial charge < -0.3 is 9.64 Å². The first-order chi connectivity index (χ1) is 12.1. The number of carbonyl (C=O) groups is 2. The molecular formula is C16H19N5O3S. The molecule has 3 rings (SSSR count). The highest BCUT2D eigenvalue weighted by atomic mass is 32.2. The maximum absolute atomic E-state index is 12.5. The molecular weight excluding hydrogens is 342 g/mol. The maximum atomic E-state index is 12.5. The molecule has 0 N–H and O–H groups in total. The summed E-state index contributed by atoms with van der Waals surface area (Å²) in [7, 11) is 1.36. The second-order valence-electron chi connectivity index (χ2n) is 5.68. The van der Waals surface area contributed by atoms with Crippen molar-refractivity contribution in [3.8, 4) is 11.4 Å². The molecule has 25 heavy (non-hydrogen) atoms. The first-order valence-electron chi connectivity index (χ1n) is 7.89. The molecule has 2 aromatic rings. The van der Waals surface area contributed by atoms with E-state index in [9.17, 15) is 9.59 Å². The molecule has 1 amide bonds. The van der Waals surface area contributed by atoms with Crippen LogP contribution in [-0.2, 0) is 20.9 Å². The van der Waals surface area contributed by atoms with Crippen molar-refractivity contribution in [2.75, 3.05) is 26.0 Å². The Morgan fingerprint density at radius 1 is 1.36 bits per heavy atom. The maximum Gasteiger partial charge on any atom is 0.320 e. The van der Waals surface area contributed by atoms with E-state index in [2.05, 4.69) is 15.4 Å². The smallest absolute Gasteiger partial charge is 0.320 e. The van der Waals surface area contributed by atoms with Crippen LogP contribution in [0.3, 0.4) is 0 Å². The van der Waals surface area contributed by atoms with Gasteiger partial charge in [0.15, 0.2) is 0 Å². The fraction of sp³-hybridized carbons (Fsp3) is 0.438. The van der Waals surface area contributed by atoms with E-state index in [0.29, 0.717) is 24.7 Å². The standard InChI is InChI=1S/C16H19N5O3S/c1-11-5-3-4-6-12(11)15-17-19-21(18-15)10-14(22)20-7-8-25-13(9-20)16(23)24-2/h3-6,13H,7-10H2,1-2H3/t13-/m0/s1. The molecule has 8 nitrogen and oxygen atoms in total. The molecule has 132 valence electrons. The number of aryl methyl sites for hydroxylation is 1. The third-order valence-corrected chi connectivity index (χ3v) is 5.16. The van der Waals surface area contributed by atoms with E-state index in [1.807, 2.05) is 31.2 Å². The molecule has 1 aromatic carbocycles. The number of nitrogens with zero attached hydrogens (tertiary/aromatic N) is 5. The Balaban J connectivity index is 1.66. The van der Waals surface area contributed by atoms with Gasteiger partial charge in [0.25, 0.3) is 0 Å². The minimum Gasteiger partial charge on any atom is -0.468 e. The number of hydrogen-bond donors (Lipinski definition) is 0. The molecule has 1 saturated heterocycles. The van der Waals surface area contributed by atoms with Crippen LogP contribution in [-0.4, -0.2) is 68.2 Å². The number of tetrazole rings is 1. The lowest BCUT2D eigenvalue weighted by Crippen LogP contribution is -2.46. The molecule has 0 spiro atoms. The zero-order valence-electron chi connectivity index (χ0n) is 14.1. The minimum absolute atomic E-state index is 0.00254. The molecule has 1 aromatic heterocycles. The summed E-state index contributed by atoms with van der Waals surface area (Å²) in [5.41, 5.74) is 1.93. The second kappa shape index (κ2) is 7.64.